The number of aromatic nitrogens is 2. The van der Waals surface area contributed by atoms with Gasteiger partial charge in [-0.15, -0.1) is 0 Å². The van der Waals surface area contributed by atoms with E-state index >= 15 is 0 Å². The van der Waals surface area contributed by atoms with Crippen LogP contribution in [0, 0.1) is 0 Å². The van der Waals surface area contributed by atoms with E-state index in [9.17, 15) is 0 Å². The van der Waals surface area contributed by atoms with Gasteiger partial charge in [-0.2, -0.15) is 0 Å². The smallest absolute Gasteiger partial charge is 0.119 e. The second-order valence-electron chi connectivity index (χ2n) is 9.52. The Bertz CT molecular complexity index is 1240. The Morgan fingerprint density at radius 3 is 2.39 bits per heavy atom. The summed E-state index contributed by atoms with van der Waals surface area (Å²) in [7, 11) is 1.71. The Morgan fingerprint density at radius 2 is 1.66 bits per heavy atom. The number of imidazole rings is 1. The summed E-state index contributed by atoms with van der Waals surface area (Å²) in [5.74, 6) is 0.872. The summed E-state index contributed by atoms with van der Waals surface area (Å²) >= 11 is 0. The zero-order valence-electron chi connectivity index (χ0n) is 22.0. The van der Waals surface area contributed by atoms with E-state index in [2.05, 4.69) is 75.4 Å². The lowest BCUT2D eigenvalue weighted by Gasteiger charge is -2.26. The van der Waals surface area contributed by atoms with Gasteiger partial charge in [-0.25, -0.2) is 4.98 Å². The molecule has 7 nitrogen and oxygen atoms in total. The lowest BCUT2D eigenvalue weighted by molar-refractivity contribution is 0.0180. The fourth-order valence-corrected chi connectivity index (χ4v) is 4.65. The predicted molar refractivity (Wildman–Crippen MR) is 150 cm³/mol. The second-order valence-corrected chi connectivity index (χ2v) is 9.52. The number of hydrogen-bond donors (Lipinski definition) is 0. The number of hydrogen-bond acceptors (Lipinski definition) is 6. The number of methoxy groups -OCH3 is 1. The maximum atomic E-state index is 5.97. The minimum atomic E-state index is 0.621. The highest BCUT2D eigenvalue weighted by Crippen LogP contribution is 2.23. The van der Waals surface area contributed by atoms with Gasteiger partial charge >= 0.3 is 0 Å². The van der Waals surface area contributed by atoms with E-state index in [1.165, 1.54) is 22.4 Å². The quantitative estimate of drug-likeness (QED) is 0.251. The van der Waals surface area contributed by atoms with E-state index in [0.717, 1.165) is 64.0 Å². The lowest BCUT2D eigenvalue weighted by atomic mass is 10.1. The van der Waals surface area contributed by atoms with Crippen LogP contribution in [0.2, 0.25) is 0 Å². The van der Waals surface area contributed by atoms with Crippen LogP contribution in [-0.4, -0.2) is 61.0 Å². The van der Waals surface area contributed by atoms with E-state index in [4.69, 9.17) is 14.2 Å². The Morgan fingerprint density at radius 1 is 0.895 bits per heavy atom. The molecule has 0 unspecified atom stereocenters. The highest BCUT2D eigenvalue weighted by Gasteiger charge is 2.12. The maximum absolute atomic E-state index is 5.97. The first-order valence-corrected chi connectivity index (χ1v) is 13.2. The van der Waals surface area contributed by atoms with Crippen molar-refractivity contribution in [1.82, 2.24) is 14.5 Å². The van der Waals surface area contributed by atoms with E-state index in [1.807, 2.05) is 29.2 Å². The minimum absolute atomic E-state index is 0.621. The van der Waals surface area contributed by atoms with Crippen LogP contribution >= 0.6 is 0 Å². The van der Waals surface area contributed by atoms with Gasteiger partial charge in [0.2, 0.25) is 0 Å². The molecule has 3 aromatic carbocycles. The Balaban J connectivity index is 1.25. The molecule has 0 amide bonds. The van der Waals surface area contributed by atoms with E-state index < -0.39 is 0 Å². The number of nitrogens with zero attached hydrogens (tertiary/aromatic N) is 4. The molecule has 1 saturated heterocycles. The summed E-state index contributed by atoms with van der Waals surface area (Å²) in [5.41, 5.74) is 5.90. The van der Waals surface area contributed by atoms with Crippen LogP contribution in [0.25, 0.3) is 5.69 Å². The number of morpholine rings is 1. The van der Waals surface area contributed by atoms with Crippen molar-refractivity contribution in [3.8, 4) is 11.4 Å². The molecular formula is C31H36N4O3. The molecule has 5 rings (SSSR count). The highest BCUT2D eigenvalue weighted by atomic mass is 16.5. The normalized spacial score (nSPS) is 13.9. The van der Waals surface area contributed by atoms with Crippen LogP contribution in [0.4, 0.5) is 5.69 Å². The molecule has 0 saturated carbocycles. The van der Waals surface area contributed by atoms with Crippen molar-refractivity contribution in [2.75, 3.05) is 51.5 Å². The molecule has 0 spiro atoms. The molecule has 1 aliphatic rings. The summed E-state index contributed by atoms with van der Waals surface area (Å²) in [6.07, 6.45) is 5.57. The first kappa shape index (κ1) is 26.0. The zero-order valence-corrected chi connectivity index (χ0v) is 22.0. The van der Waals surface area contributed by atoms with Crippen molar-refractivity contribution in [3.05, 3.63) is 108 Å². The number of benzene rings is 3. The van der Waals surface area contributed by atoms with E-state index in [-0.39, 0.29) is 0 Å². The SMILES string of the molecule is COc1cccc(CN(Cc2ccc(-n3ccnc3)cc2)c2ccc(COCCN3CCOCC3)cc2)c1. The van der Waals surface area contributed by atoms with Crippen molar-refractivity contribution < 1.29 is 14.2 Å². The first-order valence-electron chi connectivity index (χ1n) is 13.2. The molecule has 2 heterocycles. The zero-order chi connectivity index (χ0) is 26.0. The standard InChI is InChI=1S/C31H36N4O3/c1-36-31-4-2-3-28(21-31)23-35(22-26-5-9-29(10-6-26)34-14-13-32-25-34)30-11-7-27(8-12-30)24-38-20-17-33-15-18-37-19-16-33/h2-14,21,25H,15-20,22-24H2,1H3. The molecule has 0 bridgehead atoms. The van der Waals surface area contributed by atoms with Gasteiger partial charge in [0, 0.05) is 56.5 Å². The van der Waals surface area contributed by atoms with Crippen molar-refractivity contribution in [2.24, 2.45) is 0 Å². The molecule has 0 aliphatic carbocycles. The van der Waals surface area contributed by atoms with Crippen LogP contribution in [0.15, 0.2) is 91.5 Å². The van der Waals surface area contributed by atoms with Gasteiger partial charge in [0.15, 0.2) is 0 Å². The Labute approximate surface area is 225 Å². The van der Waals surface area contributed by atoms with Crippen molar-refractivity contribution in [1.29, 1.82) is 0 Å². The average molecular weight is 513 g/mol. The summed E-state index contributed by atoms with van der Waals surface area (Å²) in [5, 5.41) is 0. The lowest BCUT2D eigenvalue weighted by Crippen LogP contribution is -2.38. The Hall–Kier alpha value is -3.65. The molecule has 38 heavy (non-hydrogen) atoms. The van der Waals surface area contributed by atoms with Crippen molar-refractivity contribution in [3.63, 3.8) is 0 Å². The summed E-state index contributed by atoms with van der Waals surface area (Å²) < 4.78 is 18.9. The second kappa shape index (κ2) is 13.2. The molecule has 198 valence electrons. The van der Waals surface area contributed by atoms with Gasteiger partial charge in [0.1, 0.15) is 5.75 Å². The molecule has 0 N–H and O–H groups in total. The molecular weight excluding hydrogens is 476 g/mol. The minimum Gasteiger partial charge on any atom is -0.497 e. The molecule has 1 aliphatic heterocycles. The molecule has 1 aromatic heterocycles. The van der Waals surface area contributed by atoms with E-state index in [0.29, 0.717) is 6.61 Å². The third kappa shape index (κ3) is 7.22. The number of anilines is 1. The maximum Gasteiger partial charge on any atom is 0.119 e. The van der Waals surface area contributed by atoms with Gasteiger partial charge < -0.3 is 23.7 Å². The van der Waals surface area contributed by atoms with Crippen molar-refractivity contribution in [2.45, 2.75) is 19.7 Å². The fraction of sp³-hybridized carbons (Fsp3) is 0.323. The Kier molecular flexibility index (Phi) is 9.05. The molecule has 4 aromatic rings. The molecule has 7 heteroatoms. The average Bonchev–Trinajstić information content (AvgIpc) is 3.52. The van der Waals surface area contributed by atoms with Crippen LogP contribution in [0.3, 0.4) is 0 Å². The van der Waals surface area contributed by atoms with Gasteiger partial charge in [0.25, 0.3) is 0 Å². The predicted octanol–water partition coefficient (Wildman–Crippen LogP) is 4.94. The largest absolute Gasteiger partial charge is 0.497 e. The van der Waals surface area contributed by atoms with Crippen LogP contribution in [0.5, 0.6) is 5.75 Å². The van der Waals surface area contributed by atoms with E-state index in [1.54, 1.807) is 13.3 Å². The number of ether oxygens (including phenoxy) is 3. The highest BCUT2D eigenvalue weighted by molar-refractivity contribution is 5.49. The third-order valence-corrected chi connectivity index (χ3v) is 6.85. The van der Waals surface area contributed by atoms with Crippen LogP contribution < -0.4 is 9.64 Å². The van der Waals surface area contributed by atoms with Crippen molar-refractivity contribution >= 4 is 5.69 Å². The summed E-state index contributed by atoms with van der Waals surface area (Å²) in [4.78, 5) is 8.94. The van der Waals surface area contributed by atoms with Gasteiger partial charge in [0.05, 0.1) is 39.9 Å². The van der Waals surface area contributed by atoms with Gasteiger partial charge in [-0.3, -0.25) is 4.90 Å². The molecule has 1 fully saturated rings. The first-order chi connectivity index (χ1) is 18.8. The molecule has 0 radical (unpaired) electrons. The fourth-order valence-electron chi connectivity index (χ4n) is 4.65. The van der Waals surface area contributed by atoms with Gasteiger partial charge in [-0.1, -0.05) is 36.4 Å². The van der Waals surface area contributed by atoms with Gasteiger partial charge in [-0.05, 0) is 53.1 Å². The number of rotatable bonds is 12. The third-order valence-electron chi connectivity index (χ3n) is 6.85. The summed E-state index contributed by atoms with van der Waals surface area (Å²) in [6.45, 7) is 7.50. The van der Waals surface area contributed by atoms with Crippen LogP contribution in [0.1, 0.15) is 16.7 Å². The summed E-state index contributed by atoms with van der Waals surface area (Å²) in [6, 6.07) is 25.7. The monoisotopic (exact) mass is 512 g/mol. The molecule has 0 atom stereocenters. The van der Waals surface area contributed by atoms with Crippen LogP contribution in [-0.2, 0) is 29.2 Å². The topological polar surface area (TPSA) is 52.0 Å².